The van der Waals surface area contributed by atoms with Crippen molar-refractivity contribution in [1.82, 2.24) is 9.88 Å². The predicted octanol–water partition coefficient (Wildman–Crippen LogP) is 3.50. The van der Waals surface area contributed by atoms with Crippen LogP contribution >= 0.6 is 11.3 Å². The van der Waals surface area contributed by atoms with Crippen molar-refractivity contribution in [3.05, 3.63) is 40.3 Å². The van der Waals surface area contributed by atoms with Crippen LogP contribution in [0.15, 0.2) is 29.1 Å². The molecule has 1 aliphatic heterocycles. The average Bonchev–Trinajstić information content (AvgIpc) is 3.17. The van der Waals surface area contributed by atoms with Gasteiger partial charge in [-0.2, -0.15) is 11.3 Å². The minimum Gasteiger partial charge on any atom is -0.493 e. The number of hydrogen-bond acceptors (Lipinski definition) is 5. The zero-order valence-electron chi connectivity index (χ0n) is 12.4. The van der Waals surface area contributed by atoms with Crippen molar-refractivity contribution in [3.8, 4) is 11.5 Å². The predicted molar refractivity (Wildman–Crippen MR) is 84.0 cm³/mol. The van der Waals surface area contributed by atoms with Crippen LogP contribution < -0.4 is 9.47 Å². The molecule has 112 valence electrons. The molecule has 3 heterocycles. The third kappa shape index (κ3) is 2.89. The third-order valence-corrected chi connectivity index (χ3v) is 4.71. The van der Waals surface area contributed by atoms with Crippen molar-refractivity contribution in [1.29, 1.82) is 0 Å². The van der Waals surface area contributed by atoms with Crippen LogP contribution in [0.4, 0.5) is 0 Å². The van der Waals surface area contributed by atoms with Crippen LogP contribution in [-0.4, -0.2) is 30.6 Å². The van der Waals surface area contributed by atoms with Crippen LogP contribution in [-0.2, 0) is 6.54 Å². The number of methoxy groups -OCH3 is 2. The lowest BCUT2D eigenvalue weighted by Crippen LogP contribution is -2.23. The van der Waals surface area contributed by atoms with Crippen molar-refractivity contribution in [2.45, 2.75) is 25.4 Å². The van der Waals surface area contributed by atoms with Gasteiger partial charge in [0, 0.05) is 24.8 Å². The molecule has 21 heavy (non-hydrogen) atoms. The molecule has 5 heteroatoms. The first-order chi connectivity index (χ1) is 10.3. The van der Waals surface area contributed by atoms with Gasteiger partial charge in [-0.05, 0) is 41.8 Å². The SMILES string of the molecule is COc1ccnc(CN2CCC[C@H]2c2ccsc2)c1OC. The Labute approximate surface area is 129 Å². The second-order valence-electron chi connectivity index (χ2n) is 5.18. The number of aromatic nitrogens is 1. The first-order valence-corrected chi connectivity index (χ1v) is 8.09. The molecule has 0 aromatic carbocycles. The summed E-state index contributed by atoms with van der Waals surface area (Å²) in [6.07, 6.45) is 4.22. The zero-order chi connectivity index (χ0) is 14.7. The van der Waals surface area contributed by atoms with Crippen LogP contribution in [0.1, 0.15) is 30.1 Å². The number of ether oxygens (including phenoxy) is 2. The Hall–Kier alpha value is -1.59. The molecule has 1 atom stereocenters. The van der Waals surface area contributed by atoms with Gasteiger partial charge in [0.2, 0.25) is 0 Å². The van der Waals surface area contributed by atoms with E-state index in [4.69, 9.17) is 9.47 Å². The number of pyridine rings is 1. The van der Waals surface area contributed by atoms with Gasteiger partial charge >= 0.3 is 0 Å². The van der Waals surface area contributed by atoms with E-state index >= 15 is 0 Å². The molecule has 0 saturated carbocycles. The summed E-state index contributed by atoms with van der Waals surface area (Å²) in [6, 6.07) is 4.56. The normalized spacial score (nSPS) is 18.9. The molecule has 0 bridgehead atoms. The van der Waals surface area contributed by atoms with Crippen molar-refractivity contribution >= 4 is 11.3 Å². The average molecular weight is 304 g/mol. The summed E-state index contributed by atoms with van der Waals surface area (Å²) in [5.41, 5.74) is 2.36. The Morgan fingerprint density at radius 1 is 1.33 bits per heavy atom. The van der Waals surface area contributed by atoms with Gasteiger partial charge in [0.05, 0.1) is 14.2 Å². The lowest BCUT2D eigenvalue weighted by molar-refractivity contribution is 0.240. The van der Waals surface area contributed by atoms with E-state index in [2.05, 4.69) is 26.7 Å². The van der Waals surface area contributed by atoms with Crippen LogP contribution in [0.2, 0.25) is 0 Å². The lowest BCUT2D eigenvalue weighted by Gasteiger charge is -2.24. The van der Waals surface area contributed by atoms with Gasteiger partial charge in [0.1, 0.15) is 5.69 Å². The zero-order valence-corrected chi connectivity index (χ0v) is 13.2. The Balaban J connectivity index is 1.83. The van der Waals surface area contributed by atoms with Gasteiger partial charge in [0.15, 0.2) is 11.5 Å². The molecular formula is C16H20N2O2S. The summed E-state index contributed by atoms with van der Waals surface area (Å²) in [4.78, 5) is 6.97. The molecule has 1 aliphatic rings. The summed E-state index contributed by atoms with van der Waals surface area (Å²) in [7, 11) is 3.33. The van der Waals surface area contributed by atoms with Gasteiger partial charge in [0.25, 0.3) is 0 Å². The van der Waals surface area contributed by atoms with Gasteiger partial charge in [-0.15, -0.1) is 0 Å². The maximum absolute atomic E-state index is 5.49. The van der Waals surface area contributed by atoms with E-state index in [0.717, 1.165) is 30.3 Å². The van der Waals surface area contributed by atoms with Gasteiger partial charge in [-0.1, -0.05) is 0 Å². The Morgan fingerprint density at radius 3 is 2.95 bits per heavy atom. The van der Waals surface area contributed by atoms with Crippen LogP contribution in [0.3, 0.4) is 0 Å². The molecule has 0 radical (unpaired) electrons. The lowest BCUT2D eigenvalue weighted by atomic mass is 10.1. The Kier molecular flexibility index (Phi) is 4.41. The van der Waals surface area contributed by atoms with Crippen LogP contribution in [0.25, 0.3) is 0 Å². The third-order valence-electron chi connectivity index (χ3n) is 4.01. The van der Waals surface area contributed by atoms with Crippen LogP contribution in [0.5, 0.6) is 11.5 Å². The van der Waals surface area contributed by atoms with Crippen molar-refractivity contribution in [2.75, 3.05) is 20.8 Å². The molecule has 2 aromatic rings. The van der Waals surface area contributed by atoms with Crippen molar-refractivity contribution < 1.29 is 9.47 Å². The van der Waals surface area contributed by atoms with E-state index in [1.54, 1.807) is 31.8 Å². The van der Waals surface area contributed by atoms with E-state index in [1.165, 1.54) is 18.4 Å². The van der Waals surface area contributed by atoms with Crippen molar-refractivity contribution in [2.24, 2.45) is 0 Å². The standard InChI is InChI=1S/C16H20N2O2S/c1-19-15-5-7-17-13(16(15)20-2)10-18-8-3-4-14(18)12-6-9-21-11-12/h5-7,9,11,14H,3-4,8,10H2,1-2H3/t14-/m0/s1. The summed E-state index contributed by atoms with van der Waals surface area (Å²) >= 11 is 1.76. The second kappa shape index (κ2) is 6.45. The van der Waals surface area contributed by atoms with E-state index < -0.39 is 0 Å². The van der Waals surface area contributed by atoms with E-state index in [0.29, 0.717) is 6.04 Å². The Morgan fingerprint density at radius 2 is 2.24 bits per heavy atom. The molecule has 1 fully saturated rings. The summed E-state index contributed by atoms with van der Waals surface area (Å²) in [5, 5.41) is 4.40. The topological polar surface area (TPSA) is 34.6 Å². The molecule has 0 amide bonds. The highest BCUT2D eigenvalue weighted by Gasteiger charge is 2.27. The maximum atomic E-state index is 5.49. The van der Waals surface area contributed by atoms with Gasteiger partial charge in [-0.3, -0.25) is 9.88 Å². The fourth-order valence-electron chi connectivity index (χ4n) is 3.01. The molecule has 0 N–H and O–H groups in total. The number of rotatable bonds is 5. The van der Waals surface area contributed by atoms with E-state index in [-0.39, 0.29) is 0 Å². The fraction of sp³-hybridized carbons (Fsp3) is 0.438. The highest BCUT2D eigenvalue weighted by molar-refractivity contribution is 7.07. The van der Waals surface area contributed by atoms with Gasteiger partial charge < -0.3 is 9.47 Å². The minimum atomic E-state index is 0.494. The molecule has 4 nitrogen and oxygen atoms in total. The highest BCUT2D eigenvalue weighted by Crippen LogP contribution is 2.36. The summed E-state index contributed by atoms with van der Waals surface area (Å²) in [6.45, 7) is 1.89. The van der Waals surface area contributed by atoms with Crippen LogP contribution in [0, 0.1) is 0 Å². The fourth-order valence-corrected chi connectivity index (χ4v) is 3.72. The first-order valence-electron chi connectivity index (χ1n) is 7.15. The molecule has 0 spiro atoms. The number of nitrogens with zero attached hydrogens (tertiary/aromatic N) is 2. The molecule has 0 unspecified atom stereocenters. The Bertz CT molecular complexity index is 586. The minimum absolute atomic E-state index is 0.494. The smallest absolute Gasteiger partial charge is 0.183 e. The van der Waals surface area contributed by atoms with Gasteiger partial charge in [-0.25, -0.2) is 0 Å². The number of thiophene rings is 1. The summed E-state index contributed by atoms with van der Waals surface area (Å²) in [5.74, 6) is 1.49. The maximum Gasteiger partial charge on any atom is 0.183 e. The molecule has 1 saturated heterocycles. The molecular weight excluding hydrogens is 284 g/mol. The number of hydrogen-bond donors (Lipinski definition) is 0. The number of likely N-dealkylation sites (tertiary alicyclic amines) is 1. The molecule has 3 rings (SSSR count). The second-order valence-corrected chi connectivity index (χ2v) is 5.96. The molecule has 0 aliphatic carbocycles. The van der Waals surface area contributed by atoms with Crippen molar-refractivity contribution in [3.63, 3.8) is 0 Å². The highest BCUT2D eigenvalue weighted by atomic mass is 32.1. The largest absolute Gasteiger partial charge is 0.493 e. The quantitative estimate of drug-likeness (QED) is 0.847. The van der Waals surface area contributed by atoms with E-state index in [9.17, 15) is 0 Å². The van der Waals surface area contributed by atoms with E-state index in [1.807, 2.05) is 6.07 Å². The summed E-state index contributed by atoms with van der Waals surface area (Å²) < 4.78 is 10.9. The monoisotopic (exact) mass is 304 g/mol. The first kappa shape index (κ1) is 14.4. The molecule has 2 aromatic heterocycles.